The number of halogens is 1. The summed E-state index contributed by atoms with van der Waals surface area (Å²) in [7, 11) is -3.26. The summed E-state index contributed by atoms with van der Waals surface area (Å²) in [5.41, 5.74) is 0. The fourth-order valence-corrected chi connectivity index (χ4v) is 4.38. The van der Waals surface area contributed by atoms with E-state index in [2.05, 4.69) is 0 Å². The third-order valence-corrected chi connectivity index (χ3v) is 5.91. The Bertz CT molecular complexity index is 430. The monoisotopic (exact) mass is 340 g/mol. The molecule has 0 bridgehead atoms. The second-order valence-corrected chi connectivity index (χ2v) is 7.85. The lowest BCUT2D eigenvalue weighted by Crippen LogP contribution is -2.40. The average Bonchev–Trinajstić information content (AvgIpc) is 2.90. The lowest BCUT2D eigenvalue weighted by molar-refractivity contribution is -0.141. The van der Waals surface area contributed by atoms with Gasteiger partial charge in [0.05, 0.1) is 11.7 Å². The lowest BCUT2D eigenvalue weighted by Gasteiger charge is -2.24. The van der Waals surface area contributed by atoms with E-state index in [1.807, 2.05) is 11.8 Å². The Kier molecular flexibility index (Phi) is 7.94. The molecule has 0 aromatic carbocycles. The topological polar surface area (TPSA) is 77.9 Å². The fourth-order valence-electron chi connectivity index (χ4n) is 2.50. The first-order valence-corrected chi connectivity index (χ1v) is 9.54. The van der Waals surface area contributed by atoms with Crippen molar-refractivity contribution in [2.75, 3.05) is 44.4 Å². The van der Waals surface area contributed by atoms with Crippen LogP contribution in [-0.2, 0) is 14.8 Å². The molecule has 6 nitrogen and oxygen atoms in total. The number of hydrogen-bond acceptors (Lipinski definition) is 4. The van der Waals surface area contributed by atoms with E-state index >= 15 is 0 Å². The zero-order valence-electron chi connectivity index (χ0n) is 12.5. The summed E-state index contributed by atoms with van der Waals surface area (Å²) in [6.45, 7) is 4.69. The van der Waals surface area contributed by atoms with Crippen molar-refractivity contribution in [3.63, 3.8) is 0 Å². The maximum atomic E-state index is 12.2. The van der Waals surface area contributed by atoms with Crippen LogP contribution in [0.15, 0.2) is 0 Å². The first-order valence-electron chi connectivity index (χ1n) is 7.39. The van der Waals surface area contributed by atoms with Crippen molar-refractivity contribution < 1.29 is 18.3 Å². The second-order valence-electron chi connectivity index (χ2n) is 5.38. The predicted octanol–water partition coefficient (Wildman–Crippen LogP) is 1.06. The van der Waals surface area contributed by atoms with Crippen LogP contribution >= 0.6 is 11.6 Å². The van der Waals surface area contributed by atoms with E-state index in [1.165, 1.54) is 4.31 Å². The molecular formula is C13H25ClN2O4S. The molecule has 1 N–H and O–H groups in total. The first-order chi connectivity index (χ1) is 9.90. The molecule has 1 aliphatic heterocycles. The summed E-state index contributed by atoms with van der Waals surface area (Å²) in [5, 5.41) is 8.97. The molecule has 1 rings (SSSR count). The minimum atomic E-state index is -3.26. The third kappa shape index (κ3) is 6.10. The van der Waals surface area contributed by atoms with Crippen LogP contribution in [0, 0.1) is 5.92 Å². The van der Waals surface area contributed by atoms with Crippen LogP contribution in [-0.4, -0.2) is 73.1 Å². The van der Waals surface area contributed by atoms with Crippen LogP contribution in [0.25, 0.3) is 0 Å². The van der Waals surface area contributed by atoms with E-state index < -0.39 is 16.0 Å². The highest BCUT2D eigenvalue weighted by Crippen LogP contribution is 2.16. The summed E-state index contributed by atoms with van der Waals surface area (Å²) in [4.78, 5) is 12.9. The van der Waals surface area contributed by atoms with E-state index in [0.29, 0.717) is 44.9 Å². The standard InChI is InChI=1S/C13H25ClN2O4S/c1-2-6-16(21(19,20)10-3-5-14)9-8-15-7-4-12(11-15)13(17)18/h12H,2-11H2,1H3,(H,17,18). The summed E-state index contributed by atoms with van der Waals surface area (Å²) in [6.07, 6.45) is 1.86. The second kappa shape index (κ2) is 8.92. The van der Waals surface area contributed by atoms with Gasteiger partial charge in [0.1, 0.15) is 0 Å². The van der Waals surface area contributed by atoms with Gasteiger partial charge < -0.3 is 10.0 Å². The molecule has 1 saturated heterocycles. The van der Waals surface area contributed by atoms with Crippen LogP contribution in [0.1, 0.15) is 26.2 Å². The Morgan fingerprint density at radius 2 is 2.14 bits per heavy atom. The third-order valence-electron chi connectivity index (χ3n) is 3.69. The number of carboxylic acid groups (broad SMARTS) is 1. The Balaban J connectivity index is 2.50. The Hall–Kier alpha value is -0.370. The molecule has 0 amide bonds. The number of alkyl halides is 1. The molecule has 21 heavy (non-hydrogen) atoms. The molecule has 0 aromatic heterocycles. The number of likely N-dealkylation sites (tertiary alicyclic amines) is 1. The van der Waals surface area contributed by atoms with Crippen LogP contribution < -0.4 is 0 Å². The summed E-state index contributed by atoms with van der Waals surface area (Å²) < 4.78 is 25.9. The largest absolute Gasteiger partial charge is 0.481 e. The number of rotatable bonds is 10. The molecule has 0 saturated carbocycles. The Morgan fingerprint density at radius 1 is 1.43 bits per heavy atom. The van der Waals surface area contributed by atoms with Gasteiger partial charge in [0.15, 0.2) is 0 Å². The van der Waals surface area contributed by atoms with Gasteiger partial charge in [-0.05, 0) is 25.8 Å². The number of carbonyl (C=O) groups is 1. The van der Waals surface area contributed by atoms with Crippen molar-refractivity contribution in [3.05, 3.63) is 0 Å². The fraction of sp³-hybridized carbons (Fsp3) is 0.923. The summed E-state index contributed by atoms with van der Waals surface area (Å²) >= 11 is 5.57. The van der Waals surface area contributed by atoms with Gasteiger partial charge >= 0.3 is 5.97 Å². The van der Waals surface area contributed by atoms with Crippen molar-refractivity contribution in [2.24, 2.45) is 5.92 Å². The molecule has 0 radical (unpaired) electrons. The molecule has 0 aromatic rings. The highest BCUT2D eigenvalue weighted by atomic mass is 35.5. The van der Waals surface area contributed by atoms with Gasteiger partial charge in [-0.15, -0.1) is 11.6 Å². The number of carboxylic acids is 1. The van der Waals surface area contributed by atoms with Crippen molar-refractivity contribution in [2.45, 2.75) is 26.2 Å². The van der Waals surface area contributed by atoms with E-state index in [9.17, 15) is 13.2 Å². The first kappa shape index (κ1) is 18.7. The van der Waals surface area contributed by atoms with Crippen LogP contribution in [0.5, 0.6) is 0 Å². The molecule has 1 unspecified atom stereocenters. The number of hydrogen-bond donors (Lipinski definition) is 1. The lowest BCUT2D eigenvalue weighted by atomic mass is 10.1. The molecule has 1 fully saturated rings. The zero-order valence-corrected chi connectivity index (χ0v) is 14.1. The maximum Gasteiger partial charge on any atom is 0.307 e. The molecule has 0 aliphatic carbocycles. The number of sulfonamides is 1. The Morgan fingerprint density at radius 3 is 2.67 bits per heavy atom. The van der Waals surface area contributed by atoms with E-state index in [1.54, 1.807) is 0 Å². The van der Waals surface area contributed by atoms with Crippen LogP contribution in [0.3, 0.4) is 0 Å². The van der Waals surface area contributed by atoms with Gasteiger partial charge in [-0.25, -0.2) is 12.7 Å². The zero-order chi connectivity index (χ0) is 15.9. The molecule has 1 aliphatic rings. The van der Waals surface area contributed by atoms with Gasteiger partial charge in [-0.3, -0.25) is 4.79 Å². The minimum absolute atomic E-state index is 0.0776. The average molecular weight is 341 g/mol. The number of nitrogens with zero attached hydrogens (tertiary/aromatic N) is 2. The van der Waals surface area contributed by atoms with Crippen molar-refractivity contribution in [1.82, 2.24) is 9.21 Å². The molecule has 1 heterocycles. The van der Waals surface area contributed by atoms with E-state index in [-0.39, 0.29) is 11.7 Å². The van der Waals surface area contributed by atoms with Crippen molar-refractivity contribution in [1.29, 1.82) is 0 Å². The minimum Gasteiger partial charge on any atom is -0.481 e. The van der Waals surface area contributed by atoms with E-state index in [0.717, 1.165) is 13.0 Å². The van der Waals surface area contributed by atoms with Gasteiger partial charge in [0, 0.05) is 32.1 Å². The molecule has 1 atom stereocenters. The highest BCUT2D eigenvalue weighted by molar-refractivity contribution is 7.89. The molecular weight excluding hydrogens is 316 g/mol. The highest BCUT2D eigenvalue weighted by Gasteiger charge is 2.29. The van der Waals surface area contributed by atoms with Gasteiger partial charge in [-0.1, -0.05) is 6.92 Å². The van der Waals surface area contributed by atoms with Crippen LogP contribution in [0.4, 0.5) is 0 Å². The van der Waals surface area contributed by atoms with Gasteiger partial charge in [-0.2, -0.15) is 0 Å². The normalized spacial score (nSPS) is 20.2. The van der Waals surface area contributed by atoms with Gasteiger partial charge in [0.2, 0.25) is 10.0 Å². The van der Waals surface area contributed by atoms with Crippen LogP contribution in [0.2, 0.25) is 0 Å². The predicted molar refractivity (Wildman–Crippen MR) is 83.2 cm³/mol. The van der Waals surface area contributed by atoms with E-state index in [4.69, 9.17) is 16.7 Å². The molecule has 0 spiro atoms. The molecule has 8 heteroatoms. The SMILES string of the molecule is CCCN(CCN1CCC(C(=O)O)C1)S(=O)(=O)CCCCl. The maximum absolute atomic E-state index is 12.2. The smallest absolute Gasteiger partial charge is 0.307 e. The summed E-state index contributed by atoms with van der Waals surface area (Å²) in [5.74, 6) is -0.671. The van der Waals surface area contributed by atoms with Crippen molar-refractivity contribution >= 4 is 27.6 Å². The Labute approximate surface area is 132 Å². The quantitative estimate of drug-likeness (QED) is 0.602. The van der Waals surface area contributed by atoms with Crippen molar-refractivity contribution in [3.8, 4) is 0 Å². The summed E-state index contributed by atoms with van der Waals surface area (Å²) in [6, 6.07) is 0. The molecule has 124 valence electrons. The number of aliphatic carboxylic acids is 1. The van der Waals surface area contributed by atoms with Gasteiger partial charge in [0.25, 0.3) is 0 Å².